The van der Waals surface area contributed by atoms with Crippen molar-refractivity contribution in [3.8, 4) is 5.75 Å². The molecule has 164 valence electrons. The highest BCUT2D eigenvalue weighted by Gasteiger charge is 2.48. The molecule has 2 atom stereocenters. The van der Waals surface area contributed by atoms with Crippen molar-refractivity contribution in [3.63, 3.8) is 0 Å². The van der Waals surface area contributed by atoms with Crippen LogP contribution in [0.25, 0.3) is 6.08 Å². The van der Waals surface area contributed by atoms with E-state index in [1.165, 1.54) is 12.1 Å². The van der Waals surface area contributed by atoms with Gasteiger partial charge in [0.1, 0.15) is 0 Å². The summed E-state index contributed by atoms with van der Waals surface area (Å²) in [7, 11) is -4.40. The first-order chi connectivity index (χ1) is 14.1. The van der Waals surface area contributed by atoms with Crippen LogP contribution in [0.2, 0.25) is 6.32 Å². The minimum atomic E-state index is -3.31. The number of phenolic OH excluding ortho intramolecular Hbond substituents is 1. The summed E-state index contributed by atoms with van der Waals surface area (Å²) in [5.74, 6) is -0.895. The largest absolute Gasteiger partial charge is 0.505 e. The Hall–Kier alpha value is -1.64. The number of benzene rings is 1. The van der Waals surface area contributed by atoms with E-state index in [2.05, 4.69) is 6.92 Å². The minimum Gasteiger partial charge on any atom is -0.505 e. The van der Waals surface area contributed by atoms with Crippen molar-refractivity contribution in [2.24, 2.45) is 5.92 Å². The molecule has 1 fully saturated rings. The Morgan fingerprint density at radius 1 is 1.37 bits per heavy atom. The van der Waals surface area contributed by atoms with Crippen LogP contribution in [-0.4, -0.2) is 42.8 Å². The standard InChI is InChI=1S/C22H30BFO5S/c1-4-5-15(10-16-6-8-19(25)18(24)11-16)7-9-20-22-17(14(2)3)13-30(27,28)21(22)12-23(26)29-20/h6,8,10-11,14,20-21,25-26H,4-5,7,9,12-13H2,1-3H3/b15-10+/t20-,21+/m1/s1. The zero-order valence-electron chi connectivity index (χ0n) is 17.8. The third-order valence-electron chi connectivity index (χ3n) is 5.93. The van der Waals surface area contributed by atoms with E-state index < -0.39 is 34.1 Å². The predicted octanol–water partition coefficient (Wildman–Crippen LogP) is 4.12. The van der Waals surface area contributed by atoms with Crippen molar-refractivity contribution < 1.29 is 27.6 Å². The smallest absolute Gasteiger partial charge is 0.456 e. The molecule has 0 amide bonds. The van der Waals surface area contributed by atoms with Crippen molar-refractivity contribution in [1.29, 1.82) is 0 Å². The Morgan fingerprint density at radius 3 is 2.73 bits per heavy atom. The van der Waals surface area contributed by atoms with E-state index in [1.54, 1.807) is 6.07 Å². The molecule has 2 N–H and O–H groups in total. The van der Waals surface area contributed by atoms with Crippen LogP contribution < -0.4 is 0 Å². The summed E-state index contributed by atoms with van der Waals surface area (Å²) in [5, 5.41) is 18.9. The zero-order chi connectivity index (χ0) is 22.1. The lowest BCUT2D eigenvalue weighted by Gasteiger charge is -2.32. The molecule has 0 aromatic heterocycles. The van der Waals surface area contributed by atoms with Crippen LogP contribution in [0, 0.1) is 11.7 Å². The zero-order valence-corrected chi connectivity index (χ0v) is 18.6. The number of phenols is 1. The summed E-state index contributed by atoms with van der Waals surface area (Å²) in [6, 6.07) is 4.29. The second-order valence-corrected chi connectivity index (χ2v) is 10.7. The molecule has 0 spiro atoms. The number of sulfone groups is 1. The average molecular weight is 436 g/mol. The van der Waals surface area contributed by atoms with Gasteiger partial charge in [-0.25, -0.2) is 12.8 Å². The maximum Gasteiger partial charge on any atom is 0.456 e. The molecular formula is C22H30BFO5S. The third kappa shape index (κ3) is 4.98. The van der Waals surface area contributed by atoms with E-state index in [0.29, 0.717) is 18.4 Å². The van der Waals surface area contributed by atoms with Crippen LogP contribution in [0.15, 0.2) is 34.9 Å². The lowest BCUT2D eigenvalue weighted by Crippen LogP contribution is -2.42. The van der Waals surface area contributed by atoms with E-state index in [-0.39, 0.29) is 23.7 Å². The van der Waals surface area contributed by atoms with Crippen molar-refractivity contribution in [1.82, 2.24) is 0 Å². The van der Waals surface area contributed by atoms with Crippen LogP contribution in [0.3, 0.4) is 0 Å². The Morgan fingerprint density at radius 2 is 2.10 bits per heavy atom. The first-order valence-corrected chi connectivity index (χ1v) is 12.3. The Bertz CT molecular complexity index is 954. The van der Waals surface area contributed by atoms with Crippen LogP contribution in [-0.2, 0) is 14.5 Å². The normalized spacial score (nSPS) is 23.9. The monoisotopic (exact) mass is 436 g/mol. The molecule has 2 heterocycles. The second kappa shape index (κ2) is 9.24. The van der Waals surface area contributed by atoms with Crippen LogP contribution >= 0.6 is 0 Å². The molecule has 2 aliphatic rings. The molecule has 3 rings (SSSR count). The van der Waals surface area contributed by atoms with Crippen LogP contribution in [0.4, 0.5) is 4.39 Å². The number of halogens is 1. The van der Waals surface area contributed by atoms with Crippen molar-refractivity contribution in [2.45, 2.75) is 64.1 Å². The minimum absolute atomic E-state index is 0.0433. The third-order valence-corrected chi connectivity index (χ3v) is 7.96. The summed E-state index contributed by atoms with van der Waals surface area (Å²) in [6.45, 7) is 6.04. The number of hydrogen-bond acceptors (Lipinski definition) is 5. The van der Waals surface area contributed by atoms with Crippen molar-refractivity contribution in [2.75, 3.05) is 5.75 Å². The number of hydrogen-bond donors (Lipinski definition) is 2. The van der Waals surface area contributed by atoms with E-state index in [0.717, 1.165) is 29.6 Å². The van der Waals surface area contributed by atoms with E-state index in [1.807, 2.05) is 19.9 Å². The van der Waals surface area contributed by atoms with E-state index >= 15 is 0 Å². The highest BCUT2D eigenvalue weighted by Crippen LogP contribution is 2.42. The van der Waals surface area contributed by atoms with Crippen molar-refractivity contribution >= 4 is 23.0 Å². The molecule has 0 radical (unpaired) electrons. The van der Waals surface area contributed by atoms with Gasteiger partial charge in [0, 0.05) is 6.32 Å². The van der Waals surface area contributed by atoms with Gasteiger partial charge in [0.05, 0.1) is 17.1 Å². The predicted molar refractivity (Wildman–Crippen MR) is 117 cm³/mol. The van der Waals surface area contributed by atoms with Gasteiger partial charge in [-0.15, -0.1) is 0 Å². The molecule has 0 bridgehead atoms. The van der Waals surface area contributed by atoms with Gasteiger partial charge in [0.15, 0.2) is 21.4 Å². The van der Waals surface area contributed by atoms with E-state index in [9.17, 15) is 22.9 Å². The summed E-state index contributed by atoms with van der Waals surface area (Å²) in [6.07, 6.45) is 4.50. The summed E-state index contributed by atoms with van der Waals surface area (Å²) in [4.78, 5) is 0. The average Bonchev–Trinajstić information content (AvgIpc) is 2.94. The molecule has 1 aromatic rings. The van der Waals surface area contributed by atoms with Crippen LogP contribution in [0.1, 0.15) is 52.0 Å². The molecule has 0 saturated carbocycles. The number of allylic oxidation sites excluding steroid dienone is 1. The molecule has 1 saturated heterocycles. The van der Waals surface area contributed by atoms with E-state index in [4.69, 9.17) is 4.65 Å². The Kier molecular flexibility index (Phi) is 7.10. The first-order valence-electron chi connectivity index (χ1n) is 10.6. The molecule has 0 aliphatic carbocycles. The quantitative estimate of drug-likeness (QED) is 0.496. The van der Waals surface area contributed by atoms with Gasteiger partial charge in [-0.1, -0.05) is 44.9 Å². The van der Waals surface area contributed by atoms with Gasteiger partial charge in [0.2, 0.25) is 0 Å². The fraction of sp³-hybridized carbons (Fsp3) is 0.545. The molecule has 1 aromatic carbocycles. The molecule has 8 heteroatoms. The number of aromatic hydroxyl groups is 1. The highest BCUT2D eigenvalue weighted by molar-refractivity contribution is 7.92. The molecule has 5 nitrogen and oxygen atoms in total. The number of fused-ring (bicyclic) bond motifs is 1. The molecule has 30 heavy (non-hydrogen) atoms. The lowest BCUT2D eigenvalue weighted by atomic mass is 9.73. The maximum atomic E-state index is 13.7. The molecule has 2 aliphatic heterocycles. The fourth-order valence-electron chi connectivity index (χ4n) is 4.47. The summed E-state index contributed by atoms with van der Waals surface area (Å²) < 4.78 is 44.8. The SMILES string of the molecule is CCC/C(=C\c1ccc(O)c(F)c1)CC[C@H]1OB(O)C[C@H]2C1=C(C(C)C)CS2(=O)=O. The Labute approximate surface area is 178 Å². The van der Waals surface area contributed by atoms with Gasteiger partial charge < -0.3 is 14.8 Å². The highest BCUT2D eigenvalue weighted by atomic mass is 32.2. The van der Waals surface area contributed by atoms with Gasteiger partial charge in [-0.3, -0.25) is 0 Å². The Balaban J connectivity index is 1.84. The molecule has 0 unspecified atom stereocenters. The van der Waals surface area contributed by atoms with Gasteiger partial charge >= 0.3 is 7.12 Å². The van der Waals surface area contributed by atoms with Crippen LogP contribution in [0.5, 0.6) is 5.75 Å². The first kappa shape index (κ1) is 23.0. The topological polar surface area (TPSA) is 83.8 Å². The second-order valence-electron chi connectivity index (χ2n) is 8.55. The van der Waals surface area contributed by atoms with Crippen molar-refractivity contribution in [3.05, 3.63) is 46.3 Å². The lowest BCUT2D eigenvalue weighted by molar-refractivity contribution is 0.169. The summed E-state index contributed by atoms with van der Waals surface area (Å²) in [5.41, 5.74) is 3.51. The number of rotatable bonds is 7. The maximum absolute atomic E-state index is 13.7. The van der Waals surface area contributed by atoms with Gasteiger partial charge in [-0.2, -0.15) is 0 Å². The molecular weight excluding hydrogens is 406 g/mol. The van der Waals surface area contributed by atoms with Gasteiger partial charge in [-0.05, 0) is 54.0 Å². The van der Waals surface area contributed by atoms with Gasteiger partial charge in [0.25, 0.3) is 0 Å². The summed E-state index contributed by atoms with van der Waals surface area (Å²) >= 11 is 0. The fourth-order valence-corrected chi connectivity index (χ4v) is 6.75.